The molecule has 0 bridgehead atoms. The van der Waals surface area contributed by atoms with Crippen molar-refractivity contribution >= 4 is 39.1 Å². The highest BCUT2D eigenvalue weighted by molar-refractivity contribution is 7.93. The molecule has 1 unspecified atom stereocenters. The summed E-state index contributed by atoms with van der Waals surface area (Å²) >= 11 is 6.62. The fourth-order valence-corrected chi connectivity index (χ4v) is 8.26. The van der Waals surface area contributed by atoms with E-state index in [0.717, 1.165) is 9.87 Å². The predicted octanol–water partition coefficient (Wildman–Crippen LogP) is 3.97. The maximum atomic E-state index is 15.3. The number of carbonyl (C=O) groups excluding carboxylic acids is 2. The summed E-state index contributed by atoms with van der Waals surface area (Å²) in [6.45, 7) is 2.20. The molecule has 0 N–H and O–H groups in total. The minimum atomic E-state index is -4.45. The smallest absolute Gasteiger partial charge is 0.271 e. The molecule has 47 heavy (non-hydrogen) atoms. The number of hydrogen-bond acceptors (Lipinski definition) is 9. The van der Waals surface area contributed by atoms with Gasteiger partial charge in [-0.1, -0.05) is 23.7 Å². The minimum Gasteiger partial charge on any atom is -0.497 e. The lowest BCUT2D eigenvalue weighted by Crippen LogP contribution is -2.59. The number of anilines is 1. The van der Waals surface area contributed by atoms with Gasteiger partial charge in [0.15, 0.2) is 5.54 Å². The van der Waals surface area contributed by atoms with Gasteiger partial charge in [-0.2, -0.15) is 0 Å². The lowest BCUT2D eigenvalue weighted by Gasteiger charge is -2.42. The number of halogens is 1. The van der Waals surface area contributed by atoms with Crippen molar-refractivity contribution in [3.63, 3.8) is 0 Å². The number of likely N-dealkylation sites (tertiary alicyclic amines) is 1. The lowest BCUT2D eigenvalue weighted by atomic mass is 9.80. The van der Waals surface area contributed by atoms with Crippen LogP contribution < -0.4 is 13.8 Å². The Morgan fingerprint density at radius 1 is 0.979 bits per heavy atom. The SMILES string of the molecule is COCCN(C)Cc1ccc([C@]2(N3CCCC3C(=O)N(C)C)C(=O)N(S(=O)(=O)c3ccc(OC)cc3)c3ccc(Cl)cc32)c(OC)c1. The highest BCUT2D eigenvalue weighted by atomic mass is 35.5. The number of carbonyl (C=O) groups is 2. The number of likely N-dealkylation sites (N-methyl/N-ethyl adjacent to an activating group) is 2. The van der Waals surface area contributed by atoms with Crippen LogP contribution in [0.2, 0.25) is 5.02 Å². The molecule has 5 rings (SSSR count). The molecular weight excluding hydrogens is 644 g/mol. The highest BCUT2D eigenvalue weighted by Crippen LogP contribution is 2.55. The Morgan fingerprint density at radius 2 is 1.70 bits per heavy atom. The molecule has 0 aromatic heterocycles. The van der Waals surface area contributed by atoms with Gasteiger partial charge in [0.1, 0.15) is 11.5 Å². The summed E-state index contributed by atoms with van der Waals surface area (Å²) in [7, 11) is 5.52. The van der Waals surface area contributed by atoms with E-state index in [1.165, 1.54) is 43.4 Å². The summed E-state index contributed by atoms with van der Waals surface area (Å²) in [5.41, 5.74) is 0.0830. The summed E-state index contributed by atoms with van der Waals surface area (Å²) in [4.78, 5) is 34.4. The van der Waals surface area contributed by atoms with Crippen LogP contribution in [0, 0.1) is 0 Å². The first-order valence-electron chi connectivity index (χ1n) is 15.3. The quantitative estimate of drug-likeness (QED) is 0.280. The molecule has 2 aliphatic heterocycles. The monoisotopic (exact) mass is 684 g/mol. The third kappa shape index (κ3) is 6.09. The first-order chi connectivity index (χ1) is 22.4. The van der Waals surface area contributed by atoms with Gasteiger partial charge in [-0.15, -0.1) is 0 Å². The Morgan fingerprint density at radius 3 is 2.34 bits per heavy atom. The number of sulfonamides is 1. The number of fused-ring (bicyclic) bond motifs is 1. The highest BCUT2D eigenvalue weighted by Gasteiger charge is 2.63. The van der Waals surface area contributed by atoms with Crippen LogP contribution in [0.25, 0.3) is 0 Å². The summed E-state index contributed by atoms with van der Waals surface area (Å²) in [5, 5.41) is 0.314. The van der Waals surface area contributed by atoms with Gasteiger partial charge in [-0.05, 0) is 74.0 Å². The molecule has 0 aliphatic carbocycles. The van der Waals surface area contributed by atoms with Crippen molar-refractivity contribution in [1.82, 2.24) is 14.7 Å². The zero-order valence-electron chi connectivity index (χ0n) is 27.5. The van der Waals surface area contributed by atoms with Crippen LogP contribution in [0.1, 0.15) is 29.5 Å². The molecule has 1 fully saturated rings. The van der Waals surface area contributed by atoms with Gasteiger partial charge in [0.25, 0.3) is 15.9 Å². The van der Waals surface area contributed by atoms with Gasteiger partial charge in [0.2, 0.25) is 5.91 Å². The van der Waals surface area contributed by atoms with E-state index in [-0.39, 0.29) is 16.5 Å². The van der Waals surface area contributed by atoms with Crippen molar-refractivity contribution in [2.24, 2.45) is 0 Å². The molecule has 2 amide bonds. The number of amides is 2. The Hall–Kier alpha value is -3.68. The maximum absolute atomic E-state index is 15.3. The molecule has 0 saturated carbocycles. The predicted molar refractivity (Wildman–Crippen MR) is 180 cm³/mol. The van der Waals surface area contributed by atoms with Crippen molar-refractivity contribution in [3.8, 4) is 11.5 Å². The number of hydrogen-bond donors (Lipinski definition) is 0. The van der Waals surface area contributed by atoms with Gasteiger partial charge in [0, 0.05) is 57.0 Å². The summed E-state index contributed by atoms with van der Waals surface area (Å²) in [6.07, 6.45) is 1.10. The first-order valence-corrected chi connectivity index (χ1v) is 17.1. The van der Waals surface area contributed by atoms with Crippen LogP contribution in [-0.4, -0.2) is 103 Å². The van der Waals surface area contributed by atoms with Crippen LogP contribution in [0.5, 0.6) is 11.5 Å². The lowest BCUT2D eigenvalue weighted by molar-refractivity contribution is -0.138. The Labute approximate surface area is 281 Å². The maximum Gasteiger partial charge on any atom is 0.271 e. The molecule has 3 aromatic rings. The average molecular weight is 685 g/mol. The molecule has 2 atom stereocenters. The molecular formula is C34H41ClN4O7S. The second-order valence-corrected chi connectivity index (χ2v) is 14.2. The molecule has 13 heteroatoms. The van der Waals surface area contributed by atoms with Gasteiger partial charge >= 0.3 is 0 Å². The van der Waals surface area contributed by atoms with Crippen LogP contribution in [0.15, 0.2) is 65.6 Å². The number of ether oxygens (including phenoxy) is 3. The summed E-state index contributed by atoms with van der Waals surface area (Å²) in [5.74, 6) is -0.0797. The van der Waals surface area contributed by atoms with E-state index in [9.17, 15) is 13.2 Å². The molecule has 1 saturated heterocycles. The zero-order valence-corrected chi connectivity index (χ0v) is 29.1. The van der Waals surface area contributed by atoms with E-state index in [2.05, 4.69) is 4.90 Å². The van der Waals surface area contributed by atoms with E-state index in [0.29, 0.717) is 66.7 Å². The van der Waals surface area contributed by atoms with Crippen molar-refractivity contribution in [3.05, 3.63) is 82.4 Å². The van der Waals surface area contributed by atoms with Crippen LogP contribution in [0.4, 0.5) is 5.69 Å². The largest absolute Gasteiger partial charge is 0.497 e. The minimum absolute atomic E-state index is 0.0906. The van der Waals surface area contributed by atoms with Crippen molar-refractivity contribution < 1.29 is 32.2 Å². The normalized spacial score (nSPS) is 19.7. The van der Waals surface area contributed by atoms with Crippen molar-refractivity contribution in [2.45, 2.75) is 35.9 Å². The number of nitrogens with zero attached hydrogens (tertiary/aromatic N) is 4. The molecule has 11 nitrogen and oxygen atoms in total. The Kier molecular flexibility index (Phi) is 10.2. The topological polar surface area (TPSA) is 109 Å². The Bertz CT molecular complexity index is 1750. The Balaban J connectivity index is 1.77. The van der Waals surface area contributed by atoms with Crippen LogP contribution in [0.3, 0.4) is 0 Å². The molecule has 0 spiro atoms. The molecule has 0 radical (unpaired) electrons. The van der Waals surface area contributed by atoms with Gasteiger partial charge in [0.05, 0.1) is 37.5 Å². The van der Waals surface area contributed by atoms with E-state index in [1.54, 1.807) is 45.5 Å². The van der Waals surface area contributed by atoms with Gasteiger partial charge in [-0.25, -0.2) is 12.7 Å². The van der Waals surface area contributed by atoms with Crippen LogP contribution >= 0.6 is 11.6 Å². The summed E-state index contributed by atoms with van der Waals surface area (Å²) < 4.78 is 46.2. The van der Waals surface area contributed by atoms with E-state index in [4.69, 9.17) is 25.8 Å². The molecule has 3 aromatic carbocycles. The van der Waals surface area contributed by atoms with E-state index < -0.39 is 27.5 Å². The van der Waals surface area contributed by atoms with Crippen molar-refractivity contribution in [1.29, 1.82) is 0 Å². The van der Waals surface area contributed by atoms with E-state index >= 15 is 4.79 Å². The average Bonchev–Trinajstić information content (AvgIpc) is 3.64. The fourth-order valence-electron chi connectivity index (χ4n) is 6.62. The fraction of sp³-hybridized carbons (Fsp3) is 0.412. The second kappa shape index (κ2) is 13.8. The molecule has 2 heterocycles. The van der Waals surface area contributed by atoms with Gasteiger partial charge in [-0.3, -0.25) is 19.4 Å². The zero-order chi connectivity index (χ0) is 34.1. The van der Waals surface area contributed by atoms with E-state index in [1.807, 2.05) is 24.1 Å². The number of rotatable bonds is 12. The standard InChI is InChI=1S/C34H41ClN4O7S/c1-36(2)32(40)30-8-7-17-38(30)34(27-15-9-23(20-31(27)46-6)22-37(3)18-19-44-4)28-21-24(35)10-16-29(28)39(33(34)41)47(42,43)26-13-11-25(45-5)12-14-26/h9-16,20-21,30H,7-8,17-19,22H2,1-6H3/t30?,34-/m1/s1. The third-order valence-corrected chi connectivity index (χ3v) is 10.8. The third-order valence-electron chi connectivity index (χ3n) is 8.85. The van der Waals surface area contributed by atoms with Crippen molar-refractivity contribution in [2.75, 3.05) is 66.5 Å². The number of benzene rings is 3. The number of methoxy groups -OCH3 is 3. The van der Waals surface area contributed by atoms with Gasteiger partial charge < -0.3 is 19.1 Å². The molecule has 252 valence electrons. The summed E-state index contributed by atoms with van der Waals surface area (Å²) in [6, 6.07) is 15.4. The van der Waals surface area contributed by atoms with Crippen LogP contribution in [-0.2, 0) is 36.4 Å². The second-order valence-electron chi connectivity index (χ2n) is 12.0. The first kappa shape index (κ1) is 34.6. The molecule has 2 aliphatic rings.